The van der Waals surface area contributed by atoms with Gasteiger partial charge in [0.05, 0.1) is 17.8 Å². The minimum Gasteiger partial charge on any atom is -0.503 e. The molecule has 0 heterocycles. The number of halogens is 1. The standard InChI is InChI=1S/C19H20BrN3O4/c1-11(2)13-4-6-14(7-5-13)22-18(25)19(26)23-21-10-12-8-15(20)17(24)16(9-12)27-3/h4-11,24H,1-3H3,(H,22,25)(H,23,26)/b21-10-. The molecule has 0 saturated carbocycles. The van der Waals surface area contributed by atoms with E-state index >= 15 is 0 Å². The first-order chi connectivity index (χ1) is 12.8. The van der Waals surface area contributed by atoms with E-state index < -0.39 is 11.8 Å². The summed E-state index contributed by atoms with van der Waals surface area (Å²) in [6.45, 7) is 4.14. The van der Waals surface area contributed by atoms with Crippen molar-refractivity contribution in [2.75, 3.05) is 12.4 Å². The van der Waals surface area contributed by atoms with Crippen molar-refractivity contribution in [3.63, 3.8) is 0 Å². The van der Waals surface area contributed by atoms with Crippen molar-refractivity contribution in [1.29, 1.82) is 0 Å². The Morgan fingerprint density at radius 3 is 2.44 bits per heavy atom. The molecule has 2 amide bonds. The van der Waals surface area contributed by atoms with E-state index in [0.717, 1.165) is 5.56 Å². The molecular formula is C19H20BrN3O4. The number of carbonyl (C=O) groups is 2. The molecule has 2 aromatic carbocycles. The Kier molecular flexibility index (Phi) is 6.95. The van der Waals surface area contributed by atoms with Crippen molar-refractivity contribution in [1.82, 2.24) is 5.43 Å². The van der Waals surface area contributed by atoms with Crippen LogP contribution in [0.2, 0.25) is 0 Å². The average molecular weight is 434 g/mol. The first-order valence-corrected chi connectivity index (χ1v) is 8.92. The van der Waals surface area contributed by atoms with Crippen LogP contribution < -0.4 is 15.5 Å². The van der Waals surface area contributed by atoms with Crippen molar-refractivity contribution in [3.8, 4) is 11.5 Å². The second-order valence-electron chi connectivity index (χ2n) is 5.98. The van der Waals surface area contributed by atoms with Crippen LogP contribution in [-0.2, 0) is 9.59 Å². The lowest BCUT2D eigenvalue weighted by Crippen LogP contribution is -2.32. The van der Waals surface area contributed by atoms with Gasteiger partial charge in [0.1, 0.15) is 0 Å². The minimum absolute atomic E-state index is 0.0402. The molecule has 0 saturated heterocycles. The highest BCUT2D eigenvalue weighted by Crippen LogP contribution is 2.34. The molecule has 27 heavy (non-hydrogen) atoms. The maximum atomic E-state index is 11.9. The molecule has 0 unspecified atom stereocenters. The average Bonchev–Trinajstić information content (AvgIpc) is 2.64. The Bertz CT molecular complexity index is 864. The van der Waals surface area contributed by atoms with Gasteiger partial charge in [0.25, 0.3) is 0 Å². The van der Waals surface area contributed by atoms with Gasteiger partial charge in [-0.05, 0) is 57.2 Å². The number of nitrogens with zero attached hydrogens (tertiary/aromatic N) is 1. The molecule has 0 aliphatic carbocycles. The van der Waals surface area contributed by atoms with E-state index in [2.05, 4.69) is 45.6 Å². The molecule has 0 aliphatic rings. The van der Waals surface area contributed by atoms with Gasteiger partial charge in [-0.3, -0.25) is 9.59 Å². The van der Waals surface area contributed by atoms with E-state index in [4.69, 9.17) is 4.74 Å². The van der Waals surface area contributed by atoms with Gasteiger partial charge in [0.15, 0.2) is 11.5 Å². The summed E-state index contributed by atoms with van der Waals surface area (Å²) in [6.07, 6.45) is 1.33. The zero-order valence-electron chi connectivity index (χ0n) is 15.1. The number of ether oxygens (including phenoxy) is 1. The Labute approximate surface area is 165 Å². The normalized spacial score (nSPS) is 10.9. The Morgan fingerprint density at radius 2 is 1.85 bits per heavy atom. The summed E-state index contributed by atoms with van der Waals surface area (Å²) in [5.41, 5.74) is 4.37. The van der Waals surface area contributed by atoms with E-state index in [0.29, 0.717) is 21.6 Å². The van der Waals surface area contributed by atoms with Crippen LogP contribution in [0.4, 0.5) is 5.69 Å². The van der Waals surface area contributed by atoms with Crippen molar-refractivity contribution in [2.45, 2.75) is 19.8 Å². The van der Waals surface area contributed by atoms with Crippen LogP contribution >= 0.6 is 15.9 Å². The number of phenolic OH excluding ortho intramolecular Hbond substituents is 1. The molecule has 142 valence electrons. The Balaban J connectivity index is 1.95. The number of benzene rings is 2. The fourth-order valence-electron chi connectivity index (χ4n) is 2.18. The van der Waals surface area contributed by atoms with Crippen LogP contribution in [0, 0.1) is 0 Å². The van der Waals surface area contributed by atoms with E-state index in [-0.39, 0.29) is 11.5 Å². The second-order valence-corrected chi connectivity index (χ2v) is 6.84. The first-order valence-electron chi connectivity index (χ1n) is 8.12. The predicted molar refractivity (Wildman–Crippen MR) is 107 cm³/mol. The summed E-state index contributed by atoms with van der Waals surface area (Å²) >= 11 is 3.19. The first kappa shape index (κ1) is 20.4. The third-order valence-corrected chi connectivity index (χ3v) is 4.30. The highest BCUT2D eigenvalue weighted by atomic mass is 79.9. The smallest absolute Gasteiger partial charge is 0.329 e. The fraction of sp³-hybridized carbons (Fsp3) is 0.211. The van der Waals surface area contributed by atoms with Gasteiger partial charge in [-0.15, -0.1) is 0 Å². The fourth-order valence-corrected chi connectivity index (χ4v) is 2.64. The molecule has 0 bridgehead atoms. The predicted octanol–water partition coefficient (Wildman–Crippen LogP) is 3.38. The maximum Gasteiger partial charge on any atom is 0.329 e. The quantitative estimate of drug-likeness (QED) is 0.382. The number of hydrogen-bond acceptors (Lipinski definition) is 5. The Hall–Kier alpha value is -2.87. The number of methoxy groups -OCH3 is 1. The van der Waals surface area contributed by atoms with Gasteiger partial charge >= 0.3 is 11.8 Å². The van der Waals surface area contributed by atoms with Crippen molar-refractivity contribution >= 4 is 39.6 Å². The lowest BCUT2D eigenvalue weighted by atomic mass is 10.0. The number of nitrogens with one attached hydrogen (secondary N) is 2. The van der Waals surface area contributed by atoms with Crippen LogP contribution in [0.1, 0.15) is 30.9 Å². The summed E-state index contributed by atoms with van der Waals surface area (Å²) in [4.78, 5) is 23.8. The molecule has 3 N–H and O–H groups in total. The number of aromatic hydroxyl groups is 1. The van der Waals surface area contributed by atoms with Crippen LogP contribution in [0.25, 0.3) is 0 Å². The molecule has 0 fully saturated rings. The van der Waals surface area contributed by atoms with Gasteiger partial charge in [0.2, 0.25) is 0 Å². The highest BCUT2D eigenvalue weighted by molar-refractivity contribution is 9.10. The van der Waals surface area contributed by atoms with Crippen molar-refractivity contribution < 1.29 is 19.4 Å². The van der Waals surface area contributed by atoms with Gasteiger partial charge in [-0.2, -0.15) is 5.10 Å². The largest absolute Gasteiger partial charge is 0.503 e. The summed E-state index contributed by atoms with van der Waals surface area (Å²) in [5, 5.41) is 16.0. The molecule has 0 aliphatic heterocycles. The monoisotopic (exact) mass is 433 g/mol. The topological polar surface area (TPSA) is 100 Å². The molecule has 8 heteroatoms. The molecule has 2 aromatic rings. The summed E-state index contributed by atoms with van der Waals surface area (Å²) in [6, 6.07) is 10.4. The lowest BCUT2D eigenvalue weighted by molar-refractivity contribution is -0.136. The molecule has 0 radical (unpaired) electrons. The molecule has 7 nitrogen and oxygen atoms in total. The Morgan fingerprint density at radius 1 is 1.19 bits per heavy atom. The van der Waals surface area contributed by atoms with Crippen LogP contribution in [0.15, 0.2) is 46.0 Å². The van der Waals surface area contributed by atoms with E-state index in [1.165, 1.54) is 19.4 Å². The molecular weight excluding hydrogens is 414 g/mol. The summed E-state index contributed by atoms with van der Waals surface area (Å²) < 4.78 is 5.44. The van der Waals surface area contributed by atoms with E-state index in [1.54, 1.807) is 18.2 Å². The minimum atomic E-state index is -0.899. The number of anilines is 1. The highest BCUT2D eigenvalue weighted by Gasteiger charge is 2.13. The van der Waals surface area contributed by atoms with Crippen LogP contribution in [-0.4, -0.2) is 30.2 Å². The van der Waals surface area contributed by atoms with Crippen LogP contribution in [0.3, 0.4) is 0 Å². The summed E-state index contributed by atoms with van der Waals surface area (Å²) in [5.74, 6) is -1.13. The maximum absolute atomic E-state index is 11.9. The number of amides is 2. The third-order valence-electron chi connectivity index (χ3n) is 3.69. The van der Waals surface area contributed by atoms with Gasteiger partial charge < -0.3 is 15.2 Å². The number of hydrogen-bond donors (Lipinski definition) is 3. The van der Waals surface area contributed by atoms with Gasteiger partial charge in [0, 0.05) is 5.69 Å². The second kappa shape index (κ2) is 9.18. The van der Waals surface area contributed by atoms with Gasteiger partial charge in [-0.25, -0.2) is 5.43 Å². The SMILES string of the molecule is COc1cc(/C=N\NC(=O)C(=O)Nc2ccc(C(C)C)cc2)cc(Br)c1O. The zero-order chi connectivity index (χ0) is 20.0. The molecule has 0 spiro atoms. The van der Waals surface area contributed by atoms with E-state index in [9.17, 15) is 14.7 Å². The third kappa shape index (κ3) is 5.55. The molecule has 2 rings (SSSR count). The lowest BCUT2D eigenvalue weighted by Gasteiger charge is -2.08. The van der Waals surface area contributed by atoms with Gasteiger partial charge in [-0.1, -0.05) is 26.0 Å². The van der Waals surface area contributed by atoms with Crippen molar-refractivity contribution in [3.05, 3.63) is 52.0 Å². The number of rotatable bonds is 5. The summed E-state index contributed by atoms with van der Waals surface area (Å²) in [7, 11) is 1.42. The van der Waals surface area contributed by atoms with E-state index in [1.807, 2.05) is 12.1 Å². The number of carbonyl (C=O) groups excluding carboxylic acids is 2. The number of phenols is 1. The van der Waals surface area contributed by atoms with Crippen molar-refractivity contribution in [2.24, 2.45) is 5.10 Å². The zero-order valence-corrected chi connectivity index (χ0v) is 16.7. The number of hydrazone groups is 1. The molecule has 0 aromatic heterocycles. The molecule has 0 atom stereocenters. The van der Waals surface area contributed by atoms with Crippen LogP contribution in [0.5, 0.6) is 11.5 Å².